The zero-order valence-electron chi connectivity index (χ0n) is 9.56. The van der Waals surface area contributed by atoms with Gasteiger partial charge in [0.05, 0.1) is 17.7 Å². The number of amides is 2. The normalized spacial score (nSPS) is 14.8. The van der Waals surface area contributed by atoms with E-state index in [0.29, 0.717) is 10.6 Å². The van der Waals surface area contributed by atoms with E-state index in [4.69, 9.17) is 0 Å². The van der Waals surface area contributed by atoms with E-state index in [1.165, 1.54) is 18.4 Å². The maximum absolute atomic E-state index is 11.8. The fraction of sp³-hybridized carbons (Fsp3) is 0.455. The number of nitrogens with one attached hydrogen (secondary N) is 1. The lowest BCUT2D eigenvalue weighted by Gasteiger charge is -2.14. The van der Waals surface area contributed by atoms with Gasteiger partial charge in [0.25, 0.3) is 0 Å². The van der Waals surface area contributed by atoms with Crippen LogP contribution in [0.25, 0.3) is 0 Å². The first-order valence-electron chi connectivity index (χ1n) is 5.43. The van der Waals surface area contributed by atoms with Gasteiger partial charge in [-0.1, -0.05) is 0 Å². The number of thiophene rings is 1. The van der Waals surface area contributed by atoms with E-state index >= 15 is 0 Å². The van der Waals surface area contributed by atoms with E-state index in [1.54, 1.807) is 16.3 Å². The third-order valence-electron chi connectivity index (χ3n) is 2.64. The van der Waals surface area contributed by atoms with Gasteiger partial charge in [-0.2, -0.15) is 0 Å². The van der Waals surface area contributed by atoms with Crippen LogP contribution in [-0.2, 0) is 4.74 Å². The van der Waals surface area contributed by atoms with Gasteiger partial charge >= 0.3 is 12.0 Å². The highest BCUT2D eigenvalue weighted by Gasteiger charge is 2.18. The number of esters is 1. The Hall–Kier alpha value is -1.56. The molecule has 0 saturated carbocycles. The molecule has 0 atom stereocenters. The Morgan fingerprint density at radius 1 is 1.41 bits per heavy atom. The van der Waals surface area contributed by atoms with Gasteiger partial charge in [0.2, 0.25) is 0 Å². The summed E-state index contributed by atoms with van der Waals surface area (Å²) in [6, 6.07) is 1.53. The Bertz CT molecular complexity index is 424. The molecular weight excluding hydrogens is 240 g/mol. The van der Waals surface area contributed by atoms with Gasteiger partial charge in [0.1, 0.15) is 0 Å². The smallest absolute Gasteiger partial charge is 0.338 e. The lowest BCUT2D eigenvalue weighted by molar-refractivity contribution is 0.0601. The lowest BCUT2D eigenvalue weighted by Crippen LogP contribution is -2.31. The number of ether oxygens (including phenoxy) is 1. The van der Waals surface area contributed by atoms with Gasteiger partial charge in [-0.15, -0.1) is 11.3 Å². The third-order valence-corrected chi connectivity index (χ3v) is 3.49. The number of hydrogen-bond acceptors (Lipinski definition) is 4. The standard InChI is InChI=1S/C11H14N2O3S/c1-16-10(14)8-6-9(17-7-8)12-11(15)13-4-2-3-5-13/h6-7H,2-5H2,1H3,(H,12,15). The maximum Gasteiger partial charge on any atom is 0.338 e. The van der Waals surface area contributed by atoms with Crippen molar-refractivity contribution < 1.29 is 14.3 Å². The van der Waals surface area contributed by atoms with Gasteiger partial charge in [-0.05, 0) is 18.9 Å². The molecule has 17 heavy (non-hydrogen) atoms. The first kappa shape index (κ1) is 11.9. The number of methoxy groups -OCH3 is 1. The summed E-state index contributed by atoms with van der Waals surface area (Å²) in [4.78, 5) is 24.8. The number of likely N-dealkylation sites (tertiary alicyclic amines) is 1. The zero-order chi connectivity index (χ0) is 12.3. The first-order valence-corrected chi connectivity index (χ1v) is 6.31. The lowest BCUT2D eigenvalue weighted by atomic mass is 10.3. The van der Waals surface area contributed by atoms with E-state index in [2.05, 4.69) is 10.1 Å². The molecule has 1 aliphatic rings. The summed E-state index contributed by atoms with van der Waals surface area (Å²) in [5.74, 6) is -0.386. The minimum absolute atomic E-state index is 0.0965. The first-order chi connectivity index (χ1) is 8.20. The van der Waals surface area contributed by atoms with Crippen LogP contribution < -0.4 is 5.32 Å². The average Bonchev–Trinajstić information content (AvgIpc) is 2.98. The van der Waals surface area contributed by atoms with Crippen LogP contribution in [0.3, 0.4) is 0 Å². The van der Waals surface area contributed by atoms with Crippen LogP contribution in [0, 0.1) is 0 Å². The second kappa shape index (κ2) is 5.18. The molecule has 92 valence electrons. The highest BCUT2D eigenvalue weighted by atomic mass is 32.1. The topological polar surface area (TPSA) is 58.6 Å². The molecule has 1 fully saturated rings. The monoisotopic (exact) mass is 254 g/mol. The van der Waals surface area contributed by atoms with Crippen molar-refractivity contribution in [2.75, 3.05) is 25.5 Å². The van der Waals surface area contributed by atoms with Crippen molar-refractivity contribution in [3.63, 3.8) is 0 Å². The Labute approximate surface area is 103 Å². The molecule has 1 aromatic heterocycles. The molecule has 0 radical (unpaired) electrons. The van der Waals surface area contributed by atoms with Crippen LogP contribution in [0.4, 0.5) is 9.80 Å². The van der Waals surface area contributed by atoms with E-state index in [0.717, 1.165) is 25.9 Å². The summed E-state index contributed by atoms with van der Waals surface area (Å²) in [6.07, 6.45) is 2.12. The van der Waals surface area contributed by atoms with Crippen LogP contribution in [0.5, 0.6) is 0 Å². The summed E-state index contributed by atoms with van der Waals surface area (Å²) >= 11 is 1.32. The maximum atomic E-state index is 11.8. The molecule has 0 bridgehead atoms. The molecule has 5 nitrogen and oxygen atoms in total. The van der Waals surface area contributed by atoms with Crippen molar-refractivity contribution in [3.8, 4) is 0 Å². The predicted octanol–water partition coefficient (Wildman–Crippen LogP) is 2.16. The van der Waals surface area contributed by atoms with Crippen LogP contribution in [0.15, 0.2) is 11.4 Å². The van der Waals surface area contributed by atoms with Crippen molar-refractivity contribution in [1.29, 1.82) is 0 Å². The number of carbonyl (C=O) groups excluding carboxylic acids is 2. The molecule has 6 heteroatoms. The number of hydrogen-bond donors (Lipinski definition) is 1. The van der Waals surface area contributed by atoms with Crippen molar-refractivity contribution in [3.05, 3.63) is 17.0 Å². The number of carbonyl (C=O) groups is 2. The molecule has 1 aliphatic heterocycles. The third kappa shape index (κ3) is 2.76. The Kier molecular flexibility index (Phi) is 3.63. The Morgan fingerprint density at radius 3 is 2.76 bits per heavy atom. The highest BCUT2D eigenvalue weighted by molar-refractivity contribution is 7.14. The van der Waals surface area contributed by atoms with Gasteiger partial charge < -0.3 is 9.64 Å². The SMILES string of the molecule is COC(=O)c1csc(NC(=O)N2CCCC2)c1. The summed E-state index contributed by atoms with van der Waals surface area (Å²) in [5.41, 5.74) is 0.467. The summed E-state index contributed by atoms with van der Waals surface area (Å²) in [5, 5.41) is 5.12. The Morgan fingerprint density at radius 2 is 2.12 bits per heavy atom. The molecule has 0 unspecified atom stereocenters. The Balaban J connectivity index is 1.96. The second-order valence-corrected chi connectivity index (χ2v) is 4.73. The summed E-state index contributed by atoms with van der Waals surface area (Å²) in [7, 11) is 1.34. The molecule has 2 amide bonds. The van der Waals surface area contributed by atoms with Crippen LogP contribution in [0.2, 0.25) is 0 Å². The number of anilines is 1. The molecule has 0 aromatic carbocycles. The van der Waals surface area contributed by atoms with E-state index < -0.39 is 0 Å². The summed E-state index contributed by atoms with van der Waals surface area (Å²) in [6.45, 7) is 1.61. The van der Waals surface area contributed by atoms with Crippen molar-refractivity contribution >= 4 is 28.3 Å². The fourth-order valence-electron chi connectivity index (χ4n) is 1.73. The molecule has 1 saturated heterocycles. The fourth-order valence-corrected chi connectivity index (χ4v) is 2.49. The number of rotatable bonds is 2. The second-order valence-electron chi connectivity index (χ2n) is 3.82. The van der Waals surface area contributed by atoms with E-state index in [1.807, 2.05) is 0 Å². The van der Waals surface area contributed by atoms with Gasteiger partial charge in [-0.25, -0.2) is 9.59 Å². The minimum atomic E-state index is -0.386. The van der Waals surface area contributed by atoms with Gasteiger partial charge in [-0.3, -0.25) is 5.32 Å². The van der Waals surface area contributed by atoms with Crippen molar-refractivity contribution in [2.45, 2.75) is 12.8 Å². The van der Waals surface area contributed by atoms with Crippen molar-refractivity contribution in [1.82, 2.24) is 4.90 Å². The van der Waals surface area contributed by atoms with Crippen LogP contribution in [-0.4, -0.2) is 37.1 Å². The molecule has 1 aromatic rings. The molecular formula is C11H14N2O3S. The zero-order valence-corrected chi connectivity index (χ0v) is 10.4. The molecule has 0 spiro atoms. The van der Waals surface area contributed by atoms with Crippen LogP contribution >= 0.6 is 11.3 Å². The van der Waals surface area contributed by atoms with Gasteiger partial charge in [0, 0.05) is 18.5 Å². The molecule has 2 heterocycles. The number of nitrogens with zero attached hydrogens (tertiary/aromatic N) is 1. The predicted molar refractivity (Wildman–Crippen MR) is 65.5 cm³/mol. The molecule has 0 aliphatic carbocycles. The highest BCUT2D eigenvalue weighted by Crippen LogP contribution is 2.22. The number of urea groups is 1. The quantitative estimate of drug-likeness (QED) is 0.823. The van der Waals surface area contributed by atoms with Crippen molar-refractivity contribution in [2.24, 2.45) is 0 Å². The minimum Gasteiger partial charge on any atom is -0.465 e. The van der Waals surface area contributed by atoms with E-state index in [9.17, 15) is 9.59 Å². The molecule has 1 N–H and O–H groups in total. The summed E-state index contributed by atoms with van der Waals surface area (Å²) < 4.78 is 4.60. The molecule has 2 rings (SSSR count). The van der Waals surface area contributed by atoms with E-state index in [-0.39, 0.29) is 12.0 Å². The average molecular weight is 254 g/mol. The largest absolute Gasteiger partial charge is 0.465 e. The van der Waals surface area contributed by atoms with Crippen LogP contribution in [0.1, 0.15) is 23.2 Å². The van der Waals surface area contributed by atoms with Gasteiger partial charge in [0.15, 0.2) is 0 Å².